The molecule has 1 aromatic heterocycles. The molecule has 0 bridgehead atoms. The molecule has 31 heavy (non-hydrogen) atoms. The van der Waals surface area contributed by atoms with Crippen LogP contribution in [0.15, 0.2) is 83.8 Å². The number of rotatable bonds is 8. The molecule has 3 aromatic carbocycles. The normalized spacial score (nSPS) is 11.9. The highest BCUT2D eigenvalue weighted by Gasteiger charge is 2.16. The molecule has 4 rings (SSSR count). The number of para-hydroxylation sites is 2. The second-order valence-corrected chi connectivity index (χ2v) is 8.56. The van der Waals surface area contributed by atoms with Crippen LogP contribution in [0, 0.1) is 6.92 Å². The molecule has 4 aromatic rings. The highest BCUT2D eigenvalue weighted by molar-refractivity contribution is 7.99. The largest absolute Gasteiger partial charge is 0.481 e. The lowest BCUT2D eigenvalue weighted by molar-refractivity contribution is -0.127. The van der Waals surface area contributed by atoms with Crippen LogP contribution in [0.4, 0.5) is 0 Å². The number of thioether (sulfide) groups is 1. The van der Waals surface area contributed by atoms with Gasteiger partial charge in [-0.3, -0.25) is 4.79 Å². The summed E-state index contributed by atoms with van der Waals surface area (Å²) in [5.41, 5.74) is 4.65. The zero-order chi connectivity index (χ0) is 21.6. The van der Waals surface area contributed by atoms with Crippen LogP contribution in [0.5, 0.6) is 5.75 Å². The fraction of sp³-hybridized carbons (Fsp3) is 0.192. The minimum atomic E-state index is -0.538. The first-order valence-electron chi connectivity index (χ1n) is 10.4. The number of fused-ring (bicyclic) bond motifs is 1. The van der Waals surface area contributed by atoms with E-state index in [1.54, 1.807) is 18.7 Å². The van der Waals surface area contributed by atoms with E-state index in [1.165, 1.54) is 21.4 Å². The fourth-order valence-corrected chi connectivity index (χ4v) is 4.47. The standard InChI is InChI=1S/C26H26N2O2S/c1-18-12-14-20(15-13-18)24-25(22-10-6-7-11-23(22)28-24)31-17-16-27-26(29)19(2)30-21-8-4-3-5-9-21/h3-15,19,28H,16-17H2,1-2H3,(H,27,29). The highest BCUT2D eigenvalue weighted by Crippen LogP contribution is 2.37. The molecule has 0 aliphatic rings. The van der Waals surface area contributed by atoms with Crippen molar-refractivity contribution in [1.29, 1.82) is 0 Å². The van der Waals surface area contributed by atoms with Crippen LogP contribution in [0.25, 0.3) is 22.2 Å². The van der Waals surface area contributed by atoms with Crippen LogP contribution in [-0.2, 0) is 4.79 Å². The van der Waals surface area contributed by atoms with Crippen LogP contribution in [-0.4, -0.2) is 29.3 Å². The summed E-state index contributed by atoms with van der Waals surface area (Å²) in [6, 6.07) is 26.3. The number of ether oxygens (including phenoxy) is 1. The molecule has 0 saturated heterocycles. The van der Waals surface area contributed by atoms with Crippen molar-refractivity contribution < 1.29 is 9.53 Å². The number of carbonyl (C=O) groups is 1. The van der Waals surface area contributed by atoms with Crippen LogP contribution in [0.1, 0.15) is 12.5 Å². The summed E-state index contributed by atoms with van der Waals surface area (Å²) in [6.45, 7) is 4.43. The Balaban J connectivity index is 1.40. The molecule has 0 fully saturated rings. The summed E-state index contributed by atoms with van der Waals surface area (Å²) in [6.07, 6.45) is -0.538. The summed E-state index contributed by atoms with van der Waals surface area (Å²) >= 11 is 1.75. The van der Waals surface area contributed by atoms with Crippen molar-refractivity contribution in [1.82, 2.24) is 10.3 Å². The lowest BCUT2D eigenvalue weighted by Gasteiger charge is -2.14. The molecule has 1 heterocycles. The predicted molar refractivity (Wildman–Crippen MR) is 129 cm³/mol. The summed E-state index contributed by atoms with van der Waals surface area (Å²) in [5, 5.41) is 4.19. The average Bonchev–Trinajstić information content (AvgIpc) is 3.16. The van der Waals surface area contributed by atoms with Crippen molar-refractivity contribution in [2.75, 3.05) is 12.3 Å². The van der Waals surface area contributed by atoms with Gasteiger partial charge in [0.1, 0.15) is 5.75 Å². The second kappa shape index (κ2) is 9.75. The van der Waals surface area contributed by atoms with Crippen LogP contribution in [0.2, 0.25) is 0 Å². The van der Waals surface area contributed by atoms with E-state index < -0.39 is 6.10 Å². The number of nitrogens with one attached hydrogen (secondary N) is 2. The molecule has 158 valence electrons. The fourth-order valence-electron chi connectivity index (χ4n) is 3.42. The Bertz CT molecular complexity index is 1150. The van der Waals surface area contributed by atoms with Gasteiger partial charge in [0.25, 0.3) is 5.91 Å². The number of amides is 1. The Morgan fingerprint density at radius 3 is 2.48 bits per heavy atom. The van der Waals surface area contributed by atoms with Crippen molar-refractivity contribution >= 4 is 28.6 Å². The van der Waals surface area contributed by atoms with Gasteiger partial charge >= 0.3 is 0 Å². The third kappa shape index (κ3) is 5.12. The van der Waals surface area contributed by atoms with Crippen molar-refractivity contribution in [2.45, 2.75) is 24.8 Å². The topological polar surface area (TPSA) is 54.1 Å². The number of H-pyrrole nitrogens is 1. The van der Waals surface area contributed by atoms with Gasteiger partial charge in [0.2, 0.25) is 0 Å². The first-order valence-corrected chi connectivity index (χ1v) is 11.4. The van der Waals surface area contributed by atoms with Crippen molar-refractivity contribution in [3.8, 4) is 17.0 Å². The summed E-state index contributed by atoms with van der Waals surface area (Å²) in [7, 11) is 0. The van der Waals surface area contributed by atoms with Crippen LogP contribution < -0.4 is 10.1 Å². The first-order chi connectivity index (χ1) is 15.1. The molecule has 1 atom stereocenters. The third-order valence-electron chi connectivity index (χ3n) is 5.07. The maximum Gasteiger partial charge on any atom is 0.260 e. The summed E-state index contributed by atoms with van der Waals surface area (Å²) in [4.78, 5) is 17.2. The Morgan fingerprint density at radius 2 is 1.71 bits per heavy atom. The van der Waals surface area contributed by atoms with E-state index in [1.807, 2.05) is 36.4 Å². The Morgan fingerprint density at radius 1 is 1.00 bits per heavy atom. The molecule has 4 nitrogen and oxygen atoms in total. The first kappa shape index (κ1) is 21.1. The van der Waals surface area contributed by atoms with Gasteiger partial charge in [0.05, 0.1) is 5.69 Å². The average molecular weight is 431 g/mol. The van der Waals surface area contributed by atoms with Crippen LogP contribution >= 0.6 is 11.8 Å². The van der Waals surface area contributed by atoms with Gasteiger partial charge in [0.15, 0.2) is 6.10 Å². The van der Waals surface area contributed by atoms with Crippen LogP contribution in [0.3, 0.4) is 0 Å². The highest BCUT2D eigenvalue weighted by atomic mass is 32.2. The van der Waals surface area contributed by atoms with Crippen molar-refractivity contribution in [2.24, 2.45) is 0 Å². The molecule has 5 heteroatoms. The SMILES string of the molecule is Cc1ccc(-c2[nH]c3ccccc3c2SCCNC(=O)C(C)Oc2ccccc2)cc1. The minimum Gasteiger partial charge on any atom is -0.481 e. The monoisotopic (exact) mass is 430 g/mol. The molecule has 1 amide bonds. The zero-order valence-electron chi connectivity index (χ0n) is 17.7. The smallest absolute Gasteiger partial charge is 0.260 e. The van der Waals surface area contributed by atoms with Gasteiger partial charge in [-0.15, -0.1) is 11.8 Å². The molecule has 0 aliphatic carbocycles. The Hall–Kier alpha value is -3.18. The van der Waals surface area contributed by atoms with E-state index >= 15 is 0 Å². The van der Waals surface area contributed by atoms with Crippen molar-refractivity contribution in [3.05, 3.63) is 84.4 Å². The molecule has 0 radical (unpaired) electrons. The van der Waals surface area contributed by atoms with E-state index in [-0.39, 0.29) is 5.91 Å². The Labute approximate surface area is 187 Å². The predicted octanol–water partition coefficient (Wildman–Crippen LogP) is 5.82. The van der Waals surface area contributed by atoms with Gasteiger partial charge < -0.3 is 15.0 Å². The number of benzene rings is 3. The maximum atomic E-state index is 12.4. The van der Waals surface area contributed by atoms with E-state index in [0.717, 1.165) is 17.0 Å². The van der Waals surface area contributed by atoms with Gasteiger partial charge in [-0.1, -0.05) is 66.2 Å². The minimum absolute atomic E-state index is 0.109. The second-order valence-electron chi connectivity index (χ2n) is 7.45. The molecule has 1 unspecified atom stereocenters. The number of aromatic amines is 1. The number of carbonyl (C=O) groups excluding carboxylic acids is 1. The summed E-state index contributed by atoms with van der Waals surface area (Å²) in [5.74, 6) is 1.35. The van der Waals surface area contributed by atoms with Gasteiger partial charge in [-0.2, -0.15) is 0 Å². The van der Waals surface area contributed by atoms with E-state index in [2.05, 4.69) is 59.7 Å². The van der Waals surface area contributed by atoms with Gasteiger partial charge in [-0.05, 0) is 37.6 Å². The molecule has 0 spiro atoms. The number of aromatic nitrogens is 1. The van der Waals surface area contributed by atoms with Gasteiger partial charge in [-0.25, -0.2) is 0 Å². The number of hydrogen-bond acceptors (Lipinski definition) is 3. The van der Waals surface area contributed by atoms with E-state index in [0.29, 0.717) is 12.3 Å². The maximum absolute atomic E-state index is 12.4. The molecular weight excluding hydrogens is 404 g/mol. The lowest BCUT2D eigenvalue weighted by atomic mass is 10.1. The number of aryl methyl sites for hydroxylation is 1. The van der Waals surface area contributed by atoms with Gasteiger partial charge in [0, 0.05) is 28.1 Å². The molecule has 2 N–H and O–H groups in total. The van der Waals surface area contributed by atoms with Crippen molar-refractivity contribution in [3.63, 3.8) is 0 Å². The molecular formula is C26H26N2O2S. The van der Waals surface area contributed by atoms with E-state index in [4.69, 9.17) is 4.74 Å². The third-order valence-corrected chi connectivity index (χ3v) is 6.19. The van der Waals surface area contributed by atoms with E-state index in [9.17, 15) is 4.79 Å². The quantitative estimate of drug-likeness (QED) is 0.274. The number of hydrogen-bond donors (Lipinski definition) is 2. The summed E-state index contributed by atoms with van der Waals surface area (Å²) < 4.78 is 5.70. The molecule has 0 saturated carbocycles. The molecule has 0 aliphatic heterocycles. The zero-order valence-corrected chi connectivity index (χ0v) is 18.5. The Kier molecular flexibility index (Phi) is 6.63. The lowest BCUT2D eigenvalue weighted by Crippen LogP contribution is -2.37.